The van der Waals surface area contributed by atoms with E-state index in [4.69, 9.17) is 4.42 Å². The second-order valence-corrected chi connectivity index (χ2v) is 7.06. The summed E-state index contributed by atoms with van der Waals surface area (Å²) < 4.78 is 5.50. The predicted molar refractivity (Wildman–Crippen MR) is 94.4 cm³/mol. The number of rotatable bonds is 7. The summed E-state index contributed by atoms with van der Waals surface area (Å²) in [5.41, 5.74) is 1.83. The van der Waals surface area contributed by atoms with Gasteiger partial charge in [0.1, 0.15) is 0 Å². The van der Waals surface area contributed by atoms with Crippen LogP contribution >= 0.6 is 11.8 Å². The van der Waals surface area contributed by atoms with Crippen LogP contribution in [0.3, 0.4) is 0 Å². The van der Waals surface area contributed by atoms with Gasteiger partial charge in [-0.1, -0.05) is 29.5 Å². The molecule has 1 aromatic carbocycles. The summed E-state index contributed by atoms with van der Waals surface area (Å²) in [6.45, 7) is 1.97. The number of nitrogens with one attached hydrogen (secondary N) is 1. The molecule has 0 radical (unpaired) electrons. The van der Waals surface area contributed by atoms with Gasteiger partial charge in [-0.3, -0.25) is 9.59 Å². The van der Waals surface area contributed by atoms with Crippen molar-refractivity contribution >= 4 is 29.3 Å². The number of hydrogen-bond donors (Lipinski definition) is 1. The molecule has 7 nitrogen and oxygen atoms in total. The summed E-state index contributed by atoms with van der Waals surface area (Å²) in [5.74, 6) is 0.792. The van der Waals surface area contributed by atoms with Crippen LogP contribution in [0.1, 0.15) is 30.2 Å². The molecule has 1 N–H and O–H groups in total. The summed E-state index contributed by atoms with van der Waals surface area (Å²) >= 11 is 1.19. The first-order chi connectivity index (χ1) is 12.0. The van der Waals surface area contributed by atoms with Crippen LogP contribution in [0.2, 0.25) is 0 Å². The molecule has 0 unspecified atom stereocenters. The van der Waals surface area contributed by atoms with Crippen LogP contribution in [0, 0.1) is 6.92 Å². The highest BCUT2D eigenvalue weighted by Crippen LogP contribution is 2.39. The highest BCUT2D eigenvalue weighted by Gasteiger charge is 2.29. The Labute approximate surface area is 150 Å². The third kappa shape index (κ3) is 5.06. The molecular formula is C17H20N4O3S. The molecule has 2 aromatic rings. The summed E-state index contributed by atoms with van der Waals surface area (Å²) in [5, 5.41) is 11.1. The number of carbonyl (C=O) groups excluding carboxylic acids is 2. The molecule has 25 heavy (non-hydrogen) atoms. The second-order valence-electron chi connectivity index (χ2n) is 6.13. The zero-order chi connectivity index (χ0) is 17.8. The first kappa shape index (κ1) is 17.5. The third-order valence-electron chi connectivity index (χ3n) is 3.81. The lowest BCUT2D eigenvalue weighted by molar-refractivity contribution is -0.131. The molecule has 0 aliphatic heterocycles. The first-order valence-corrected chi connectivity index (χ1v) is 9.06. The average molecular weight is 360 g/mol. The van der Waals surface area contributed by atoms with Crippen LogP contribution in [0.25, 0.3) is 0 Å². The molecular weight excluding hydrogens is 340 g/mol. The Bertz CT molecular complexity index is 756. The Morgan fingerprint density at radius 1 is 1.28 bits per heavy atom. The van der Waals surface area contributed by atoms with E-state index in [1.807, 2.05) is 31.2 Å². The van der Waals surface area contributed by atoms with Crippen molar-refractivity contribution in [1.29, 1.82) is 0 Å². The van der Waals surface area contributed by atoms with E-state index in [-0.39, 0.29) is 24.1 Å². The molecule has 1 aliphatic rings. The average Bonchev–Trinajstić information content (AvgIpc) is 3.33. The Morgan fingerprint density at radius 2 is 2.00 bits per heavy atom. The van der Waals surface area contributed by atoms with Crippen molar-refractivity contribution in [3.8, 4) is 0 Å². The standard InChI is InChI=1S/C17H20N4O3S/c1-11-3-7-13(8-4-11)18-14(22)9-21(2)15(23)10-25-17-20-19-16(24-17)12-5-6-12/h3-4,7-8,12H,5-6,9-10H2,1-2H3,(H,18,22). The molecule has 8 heteroatoms. The Morgan fingerprint density at radius 3 is 2.68 bits per heavy atom. The number of likely N-dealkylation sites (N-methyl/N-ethyl adjacent to an activating group) is 1. The van der Waals surface area contributed by atoms with Crippen molar-refractivity contribution in [3.63, 3.8) is 0 Å². The van der Waals surface area contributed by atoms with Crippen LogP contribution in [0.15, 0.2) is 33.9 Å². The van der Waals surface area contributed by atoms with E-state index >= 15 is 0 Å². The van der Waals surface area contributed by atoms with Crippen molar-refractivity contribution in [2.45, 2.75) is 30.9 Å². The minimum atomic E-state index is -0.237. The van der Waals surface area contributed by atoms with Crippen LogP contribution in [-0.4, -0.2) is 46.3 Å². The topological polar surface area (TPSA) is 88.3 Å². The van der Waals surface area contributed by atoms with Gasteiger partial charge in [0.2, 0.25) is 17.7 Å². The van der Waals surface area contributed by atoms with Crippen molar-refractivity contribution in [1.82, 2.24) is 15.1 Å². The Kier molecular flexibility index (Phi) is 5.37. The van der Waals surface area contributed by atoms with Gasteiger partial charge in [-0.05, 0) is 31.9 Å². The molecule has 1 aliphatic carbocycles. The number of aromatic nitrogens is 2. The highest BCUT2D eigenvalue weighted by atomic mass is 32.2. The molecule has 0 spiro atoms. The van der Waals surface area contributed by atoms with Crippen LogP contribution in [0.4, 0.5) is 5.69 Å². The number of benzene rings is 1. The normalized spacial score (nSPS) is 13.5. The number of aryl methyl sites for hydroxylation is 1. The van der Waals surface area contributed by atoms with Gasteiger partial charge in [-0.15, -0.1) is 10.2 Å². The van der Waals surface area contributed by atoms with Crippen molar-refractivity contribution < 1.29 is 14.0 Å². The minimum Gasteiger partial charge on any atom is -0.416 e. The van der Waals surface area contributed by atoms with Gasteiger partial charge < -0.3 is 14.6 Å². The second kappa shape index (κ2) is 7.69. The van der Waals surface area contributed by atoms with Gasteiger partial charge in [-0.25, -0.2) is 0 Å². The maximum atomic E-state index is 12.1. The molecule has 0 saturated heterocycles. The monoisotopic (exact) mass is 360 g/mol. The number of hydrogen-bond acceptors (Lipinski definition) is 6. The van der Waals surface area contributed by atoms with E-state index < -0.39 is 0 Å². The summed E-state index contributed by atoms with van der Waals surface area (Å²) in [4.78, 5) is 25.5. The number of amides is 2. The van der Waals surface area contributed by atoms with E-state index in [1.165, 1.54) is 16.7 Å². The number of nitrogens with zero attached hydrogens (tertiary/aromatic N) is 3. The lowest BCUT2D eigenvalue weighted by Gasteiger charge is -2.16. The summed E-state index contributed by atoms with van der Waals surface area (Å²) in [6.07, 6.45) is 2.17. The van der Waals surface area contributed by atoms with Crippen LogP contribution < -0.4 is 5.32 Å². The highest BCUT2D eigenvalue weighted by molar-refractivity contribution is 7.99. The maximum Gasteiger partial charge on any atom is 0.277 e. The maximum absolute atomic E-state index is 12.1. The van der Waals surface area contributed by atoms with Crippen LogP contribution in [0.5, 0.6) is 0 Å². The van der Waals surface area contributed by atoms with Crippen LogP contribution in [-0.2, 0) is 9.59 Å². The largest absolute Gasteiger partial charge is 0.416 e. The van der Waals surface area contributed by atoms with Gasteiger partial charge in [0.15, 0.2) is 0 Å². The van der Waals surface area contributed by atoms with Gasteiger partial charge in [0.05, 0.1) is 12.3 Å². The molecule has 132 valence electrons. The fourth-order valence-corrected chi connectivity index (χ4v) is 2.86. The zero-order valence-corrected chi connectivity index (χ0v) is 15.0. The molecule has 1 saturated carbocycles. The van der Waals surface area contributed by atoms with Gasteiger partial charge >= 0.3 is 0 Å². The Balaban J connectivity index is 1.43. The van der Waals surface area contributed by atoms with E-state index in [0.717, 1.165) is 18.4 Å². The molecule has 0 atom stereocenters. The first-order valence-electron chi connectivity index (χ1n) is 8.08. The Hall–Kier alpha value is -2.35. The minimum absolute atomic E-state index is 0.00950. The van der Waals surface area contributed by atoms with Crippen molar-refractivity contribution in [3.05, 3.63) is 35.7 Å². The van der Waals surface area contributed by atoms with Gasteiger partial charge in [-0.2, -0.15) is 0 Å². The SMILES string of the molecule is Cc1ccc(NC(=O)CN(C)C(=O)CSc2nnc(C3CC3)o2)cc1. The third-order valence-corrected chi connectivity index (χ3v) is 4.61. The zero-order valence-electron chi connectivity index (χ0n) is 14.2. The fraction of sp³-hybridized carbons (Fsp3) is 0.412. The fourth-order valence-electron chi connectivity index (χ4n) is 2.15. The number of thioether (sulfide) groups is 1. The van der Waals surface area contributed by atoms with E-state index in [2.05, 4.69) is 15.5 Å². The van der Waals surface area contributed by atoms with E-state index in [9.17, 15) is 9.59 Å². The molecule has 3 rings (SSSR count). The van der Waals surface area contributed by atoms with Gasteiger partial charge in [0, 0.05) is 18.7 Å². The molecule has 2 amide bonds. The smallest absolute Gasteiger partial charge is 0.277 e. The quantitative estimate of drug-likeness (QED) is 0.763. The van der Waals surface area contributed by atoms with Crippen molar-refractivity contribution in [2.24, 2.45) is 0 Å². The molecule has 1 aromatic heterocycles. The number of anilines is 1. The predicted octanol–water partition coefficient (Wildman–Crippen LogP) is 2.44. The van der Waals surface area contributed by atoms with Crippen molar-refractivity contribution in [2.75, 3.05) is 24.7 Å². The molecule has 0 bridgehead atoms. The van der Waals surface area contributed by atoms with E-state index in [1.54, 1.807) is 7.05 Å². The summed E-state index contributed by atoms with van der Waals surface area (Å²) in [7, 11) is 1.60. The summed E-state index contributed by atoms with van der Waals surface area (Å²) in [6, 6.07) is 7.50. The molecule has 1 heterocycles. The van der Waals surface area contributed by atoms with Gasteiger partial charge in [0.25, 0.3) is 5.22 Å². The lowest BCUT2D eigenvalue weighted by Crippen LogP contribution is -2.35. The number of carbonyl (C=O) groups is 2. The lowest BCUT2D eigenvalue weighted by atomic mass is 10.2. The molecule has 1 fully saturated rings. The van der Waals surface area contributed by atoms with E-state index in [0.29, 0.717) is 22.7 Å².